The molecule has 0 spiro atoms. The van der Waals surface area contributed by atoms with Gasteiger partial charge in [-0.15, -0.1) is 0 Å². The van der Waals surface area contributed by atoms with Gasteiger partial charge in [0.05, 0.1) is 33.5 Å². The highest BCUT2D eigenvalue weighted by atomic mass is 28.4. The van der Waals surface area contributed by atoms with E-state index in [0.717, 1.165) is 43.3 Å². The minimum Gasteiger partial charge on any atom is -0.486 e. The van der Waals surface area contributed by atoms with E-state index in [1.165, 1.54) is 18.2 Å². The van der Waals surface area contributed by atoms with Crippen molar-refractivity contribution < 1.29 is 21.2 Å². The van der Waals surface area contributed by atoms with Crippen LogP contribution in [0.15, 0.2) is 315 Å². The Bertz CT molecular complexity index is 5260. The summed E-state index contributed by atoms with van der Waals surface area (Å²) in [5.74, 6) is -1.41. The molecule has 2 aliphatic rings. The van der Waals surface area contributed by atoms with Gasteiger partial charge in [-0.05, 0) is 80.9 Å². The van der Waals surface area contributed by atoms with Crippen LogP contribution in [0.1, 0.15) is 22.0 Å². The van der Waals surface area contributed by atoms with Gasteiger partial charge in [0.1, 0.15) is 28.0 Å². The zero-order valence-corrected chi connectivity index (χ0v) is 52.1. The molecule has 14 aromatic rings. The first-order valence-electron chi connectivity index (χ1n) is 36.4. The SMILES string of the molecule is [2H]C([2H])([2H])[Si](c1cc(-c2ccccc2)nc(-c2ccccc2)n1)(C([2H])([2H])[2H])C1([Si](c2cc(-c3ccccc3)nc(-c3ccccc3)n2)(C([2H])([2H])[2H])C([2H])([2H])[2H])c2ccccc2OC2C([Si](c3ccccc3)(c3ccccc3)c3cccc(-n4c5ccccc5n5c6ccccc6nc45)c3)=CC=CC21. The van der Waals surface area contributed by atoms with Crippen molar-refractivity contribution in [3.8, 4) is 56.7 Å². The number of hydrogen-bond donors (Lipinski definition) is 0. The molecule has 2 unspecified atom stereocenters. The molecular formula is C80H65N7OSi3. The van der Waals surface area contributed by atoms with Crippen LogP contribution in [-0.2, 0) is 4.66 Å². The van der Waals surface area contributed by atoms with Crippen molar-refractivity contribution >= 4 is 78.3 Å². The molecule has 4 aromatic heterocycles. The first kappa shape index (κ1) is 44.1. The average molecular weight is 1240 g/mol. The molecule has 1 aliphatic carbocycles. The van der Waals surface area contributed by atoms with Crippen LogP contribution in [-0.4, -0.2) is 64.2 Å². The zero-order chi connectivity index (χ0) is 71.3. The summed E-state index contributed by atoms with van der Waals surface area (Å²) in [6.45, 7) is -15.4. The predicted molar refractivity (Wildman–Crippen MR) is 380 cm³/mol. The second-order valence-electron chi connectivity index (χ2n) is 23.4. The summed E-state index contributed by atoms with van der Waals surface area (Å²) in [6, 6.07) is 88.6. The van der Waals surface area contributed by atoms with Gasteiger partial charge in [-0.25, -0.2) is 24.9 Å². The molecule has 0 radical (unpaired) electrons. The largest absolute Gasteiger partial charge is 0.486 e. The van der Waals surface area contributed by atoms with Crippen LogP contribution in [0.25, 0.3) is 78.8 Å². The number of para-hydroxylation sites is 5. The van der Waals surface area contributed by atoms with E-state index in [1.54, 1.807) is 152 Å². The molecule has 438 valence electrons. The third kappa shape index (κ3) is 8.85. The molecule has 1 aliphatic heterocycles. The third-order valence-electron chi connectivity index (χ3n) is 18.4. The van der Waals surface area contributed by atoms with E-state index in [4.69, 9.17) is 29.7 Å². The van der Waals surface area contributed by atoms with Gasteiger partial charge in [-0.1, -0.05) is 281 Å². The smallest absolute Gasteiger partial charge is 0.220 e. The molecule has 11 heteroatoms. The number of ether oxygens (including phenoxy) is 1. The number of imidazole rings is 2. The van der Waals surface area contributed by atoms with Crippen LogP contribution >= 0.6 is 0 Å². The lowest BCUT2D eigenvalue weighted by atomic mass is 9.86. The van der Waals surface area contributed by atoms with E-state index < -0.39 is 77.4 Å². The van der Waals surface area contributed by atoms with Crippen molar-refractivity contribution in [1.82, 2.24) is 33.9 Å². The van der Waals surface area contributed by atoms with Gasteiger partial charge in [-0.3, -0.25) is 8.97 Å². The fraction of sp³-hybridized carbons (Fsp3) is 0.0875. The van der Waals surface area contributed by atoms with Crippen LogP contribution in [0, 0.1) is 5.92 Å². The molecule has 0 saturated heterocycles. The normalized spacial score (nSPS) is 18.0. The Kier molecular flexibility index (Phi) is 10.8. The number of fused-ring (bicyclic) bond motifs is 7. The van der Waals surface area contributed by atoms with Crippen molar-refractivity contribution in [2.45, 2.75) is 36.7 Å². The summed E-state index contributed by atoms with van der Waals surface area (Å²) >= 11 is 0. The van der Waals surface area contributed by atoms with Gasteiger partial charge in [-0.2, -0.15) is 0 Å². The monoisotopic (exact) mass is 1240 g/mol. The molecule has 91 heavy (non-hydrogen) atoms. The predicted octanol–water partition coefficient (Wildman–Crippen LogP) is 14.8. The fourth-order valence-corrected chi connectivity index (χ4v) is 27.3. The second-order valence-corrected chi connectivity index (χ2v) is 33.3. The van der Waals surface area contributed by atoms with E-state index in [0.29, 0.717) is 33.2 Å². The van der Waals surface area contributed by atoms with Crippen LogP contribution in [0.2, 0.25) is 25.9 Å². The Labute approximate surface area is 550 Å². The van der Waals surface area contributed by atoms with Crippen LogP contribution < -0.4 is 30.9 Å². The molecule has 0 bridgehead atoms. The number of hydrogen-bond acceptors (Lipinski definition) is 6. The van der Waals surface area contributed by atoms with Gasteiger partial charge in [0, 0.05) is 65.6 Å². The van der Waals surface area contributed by atoms with E-state index in [-0.39, 0.29) is 34.3 Å². The summed E-state index contributed by atoms with van der Waals surface area (Å²) in [5.41, 5.74) is 5.91. The molecule has 0 fully saturated rings. The van der Waals surface area contributed by atoms with E-state index >= 15 is 0 Å². The van der Waals surface area contributed by atoms with Gasteiger partial charge in [0.2, 0.25) is 5.78 Å². The maximum absolute atomic E-state index is 10.9. The summed E-state index contributed by atoms with van der Waals surface area (Å²) in [5, 5.41) is 1.95. The number of nitrogens with zero attached hydrogens (tertiary/aromatic N) is 7. The third-order valence-corrected chi connectivity index (χ3v) is 31.2. The molecule has 8 nitrogen and oxygen atoms in total. The molecule has 16 rings (SSSR count). The number of allylic oxidation sites excluding steroid dienone is 2. The van der Waals surface area contributed by atoms with Crippen molar-refractivity contribution in [3.63, 3.8) is 0 Å². The lowest BCUT2D eigenvalue weighted by Gasteiger charge is -2.62. The van der Waals surface area contributed by atoms with E-state index in [9.17, 15) is 16.4 Å². The Morgan fingerprint density at radius 3 is 1.46 bits per heavy atom. The van der Waals surface area contributed by atoms with Crippen LogP contribution in [0.4, 0.5) is 0 Å². The van der Waals surface area contributed by atoms with Gasteiger partial charge in [0.15, 0.2) is 19.7 Å². The number of benzene rings is 10. The standard InChI is InChI=1S/C80H65N7OSi3/c1-89(2,74-54-67(56-31-11-5-12-32-56)81-77(84-74)58-35-15-7-16-36-58)80(90(3,4)75-55-68(57-33-13-6-14-34-57)82-78(85-75)59-37-17-8-18-38-59)64-45-23-28-51-72(64)88-76-65(80)46-30-52-73(76)91(61-40-19-9-20-41-61,62-42-21-10-22-43-62)63-44-29-39-60(53-63)86-70-49-26-27-50-71(70)87-69-48-25-24-47-66(69)83-79(86)87/h5-55,65,76H,1-4H3/i1D3,2D3,3D3,4D3. The summed E-state index contributed by atoms with van der Waals surface area (Å²) in [7, 11) is -17.7. The maximum atomic E-state index is 10.9. The Morgan fingerprint density at radius 1 is 0.429 bits per heavy atom. The molecule has 2 atom stereocenters. The summed E-state index contributed by atoms with van der Waals surface area (Å²) in [6.07, 6.45) is 3.76. The van der Waals surface area contributed by atoms with E-state index in [2.05, 4.69) is 57.5 Å². The number of rotatable bonds is 13. The quantitative estimate of drug-likeness (QED) is 0.0845. The molecule has 0 saturated carbocycles. The Hall–Kier alpha value is -10.4. The second kappa shape index (κ2) is 22.2. The van der Waals surface area contributed by atoms with Gasteiger partial charge in [0.25, 0.3) is 0 Å². The highest BCUT2D eigenvalue weighted by Gasteiger charge is 2.69. The van der Waals surface area contributed by atoms with Gasteiger partial charge < -0.3 is 4.74 Å². The first-order valence-corrected chi connectivity index (χ1v) is 36.4. The van der Waals surface area contributed by atoms with Crippen molar-refractivity contribution in [2.75, 3.05) is 0 Å². The first-order chi connectivity index (χ1) is 49.6. The zero-order valence-electron chi connectivity index (χ0n) is 61.1. The van der Waals surface area contributed by atoms with Crippen molar-refractivity contribution in [1.29, 1.82) is 0 Å². The fourth-order valence-electron chi connectivity index (χ4n) is 14.4. The molecular weight excluding hydrogens is 1160 g/mol. The minimum atomic E-state index is -6.71. The summed E-state index contributed by atoms with van der Waals surface area (Å²) in [4.78, 5) is 26.2. The maximum Gasteiger partial charge on any atom is 0.220 e. The highest BCUT2D eigenvalue weighted by molar-refractivity contribution is 7.16. The number of aromatic nitrogens is 7. The summed E-state index contributed by atoms with van der Waals surface area (Å²) < 4.78 is 140. The lowest BCUT2D eigenvalue weighted by Crippen LogP contribution is -2.81. The average Bonchev–Trinajstić information content (AvgIpc) is 1.12. The van der Waals surface area contributed by atoms with Crippen molar-refractivity contribution in [3.05, 3.63) is 320 Å². The highest BCUT2D eigenvalue weighted by Crippen LogP contribution is 2.58. The van der Waals surface area contributed by atoms with Crippen LogP contribution in [0.3, 0.4) is 0 Å². The Balaban J connectivity index is 1.10. The Morgan fingerprint density at radius 2 is 0.901 bits per heavy atom. The topological polar surface area (TPSA) is 83.0 Å². The molecule has 5 heterocycles. The molecule has 0 N–H and O–H groups in total. The van der Waals surface area contributed by atoms with Crippen molar-refractivity contribution in [2.24, 2.45) is 5.92 Å². The molecule has 10 aromatic carbocycles. The van der Waals surface area contributed by atoms with Gasteiger partial charge >= 0.3 is 0 Å². The molecule has 0 amide bonds. The lowest BCUT2D eigenvalue weighted by molar-refractivity contribution is 0.154. The van der Waals surface area contributed by atoms with Crippen LogP contribution in [0.5, 0.6) is 5.75 Å². The minimum absolute atomic E-state index is 0.0698. The van der Waals surface area contributed by atoms with E-state index in [1.807, 2.05) is 91.0 Å².